The first kappa shape index (κ1) is 20.1. The van der Waals surface area contributed by atoms with Crippen LogP contribution in [0.5, 0.6) is 11.5 Å². The number of ether oxygens (including phenoxy) is 1. The molecule has 0 saturated carbocycles. The van der Waals surface area contributed by atoms with Gasteiger partial charge in [0.15, 0.2) is 5.75 Å². The van der Waals surface area contributed by atoms with Gasteiger partial charge in [-0.25, -0.2) is 0 Å². The van der Waals surface area contributed by atoms with Gasteiger partial charge in [-0.1, -0.05) is 60.7 Å². The molecular weight excluding hydrogens is 364 g/mol. The highest BCUT2D eigenvalue weighted by molar-refractivity contribution is 6.39. The number of nitrogens with zero attached hydrogens (tertiary/aromatic N) is 1. The van der Waals surface area contributed by atoms with Crippen LogP contribution < -0.4 is 10.1 Å². The van der Waals surface area contributed by atoms with Crippen molar-refractivity contribution in [1.29, 1.82) is 0 Å². The lowest BCUT2D eigenvalue weighted by Gasteiger charge is -2.26. The first-order valence-corrected chi connectivity index (χ1v) is 9.52. The Labute approximate surface area is 170 Å². The molecule has 0 aliphatic heterocycles. The average molecular weight is 388 g/mol. The lowest BCUT2D eigenvalue weighted by Crippen LogP contribution is -2.43. The van der Waals surface area contributed by atoms with Gasteiger partial charge < -0.3 is 15.0 Å². The Balaban J connectivity index is 1.74. The zero-order chi connectivity index (χ0) is 20.6. The molecule has 5 nitrogen and oxygen atoms in total. The number of amides is 2. The van der Waals surface area contributed by atoms with Crippen molar-refractivity contribution in [2.45, 2.75) is 26.4 Å². The monoisotopic (exact) mass is 388 g/mol. The Hall–Kier alpha value is -3.60. The van der Waals surface area contributed by atoms with Gasteiger partial charge >= 0.3 is 11.8 Å². The van der Waals surface area contributed by atoms with Crippen LogP contribution in [0.4, 0.5) is 5.69 Å². The molecule has 29 heavy (non-hydrogen) atoms. The largest absolute Gasteiger partial charge is 0.455 e. The molecule has 5 heteroatoms. The summed E-state index contributed by atoms with van der Waals surface area (Å²) >= 11 is 0. The van der Waals surface area contributed by atoms with E-state index in [2.05, 4.69) is 5.32 Å². The van der Waals surface area contributed by atoms with Gasteiger partial charge in [0.05, 0.1) is 5.69 Å². The van der Waals surface area contributed by atoms with Crippen LogP contribution in [0.3, 0.4) is 0 Å². The number of anilines is 1. The van der Waals surface area contributed by atoms with Crippen molar-refractivity contribution < 1.29 is 14.3 Å². The molecule has 0 unspecified atom stereocenters. The number of carbonyl (C=O) groups is 2. The van der Waals surface area contributed by atoms with Gasteiger partial charge in [0.25, 0.3) is 0 Å². The molecule has 0 aromatic heterocycles. The Kier molecular flexibility index (Phi) is 6.63. The Morgan fingerprint density at radius 2 is 1.45 bits per heavy atom. The summed E-state index contributed by atoms with van der Waals surface area (Å²) in [7, 11) is 0. The summed E-state index contributed by atoms with van der Waals surface area (Å²) < 4.78 is 5.85. The van der Waals surface area contributed by atoms with E-state index in [1.54, 1.807) is 23.1 Å². The summed E-state index contributed by atoms with van der Waals surface area (Å²) in [5.74, 6) is -0.162. The molecule has 3 rings (SSSR count). The van der Waals surface area contributed by atoms with Gasteiger partial charge in [-0.15, -0.1) is 0 Å². The van der Waals surface area contributed by atoms with Crippen LogP contribution in [-0.2, 0) is 16.1 Å². The van der Waals surface area contributed by atoms with Crippen LogP contribution in [0.25, 0.3) is 0 Å². The SMILES string of the molecule is CC(C)N(Cc1ccccc1)C(=O)C(=O)Nc1ccccc1Oc1ccccc1. The maximum absolute atomic E-state index is 12.8. The lowest BCUT2D eigenvalue weighted by molar-refractivity contribution is -0.144. The minimum Gasteiger partial charge on any atom is -0.455 e. The van der Waals surface area contributed by atoms with Gasteiger partial charge in [0.1, 0.15) is 5.75 Å². The molecule has 0 fully saturated rings. The van der Waals surface area contributed by atoms with Crippen molar-refractivity contribution in [3.63, 3.8) is 0 Å². The molecule has 0 radical (unpaired) electrons. The summed E-state index contributed by atoms with van der Waals surface area (Å²) in [5.41, 5.74) is 1.41. The van der Waals surface area contributed by atoms with Crippen molar-refractivity contribution in [2.24, 2.45) is 0 Å². The third kappa shape index (κ3) is 5.45. The van der Waals surface area contributed by atoms with E-state index in [0.29, 0.717) is 23.7 Å². The van der Waals surface area contributed by atoms with Gasteiger partial charge in [-0.2, -0.15) is 0 Å². The Bertz CT molecular complexity index is 956. The van der Waals surface area contributed by atoms with E-state index < -0.39 is 11.8 Å². The predicted molar refractivity (Wildman–Crippen MR) is 114 cm³/mol. The lowest BCUT2D eigenvalue weighted by atomic mass is 10.2. The van der Waals surface area contributed by atoms with Crippen molar-refractivity contribution in [1.82, 2.24) is 4.90 Å². The molecule has 0 aliphatic rings. The zero-order valence-electron chi connectivity index (χ0n) is 16.5. The Morgan fingerprint density at radius 1 is 0.862 bits per heavy atom. The molecule has 0 heterocycles. The molecule has 0 saturated heterocycles. The molecule has 2 amide bonds. The van der Waals surface area contributed by atoms with Crippen molar-refractivity contribution in [2.75, 3.05) is 5.32 Å². The molecular formula is C24H24N2O3. The highest BCUT2D eigenvalue weighted by Crippen LogP contribution is 2.29. The number of nitrogens with one attached hydrogen (secondary N) is 1. The Morgan fingerprint density at radius 3 is 2.10 bits per heavy atom. The second-order valence-corrected chi connectivity index (χ2v) is 6.88. The smallest absolute Gasteiger partial charge is 0.314 e. The number of hydrogen-bond donors (Lipinski definition) is 1. The summed E-state index contributed by atoms with van der Waals surface area (Å²) in [6.45, 7) is 4.15. The number of hydrogen-bond acceptors (Lipinski definition) is 3. The van der Waals surface area contributed by atoms with Gasteiger partial charge in [0, 0.05) is 12.6 Å². The number of carbonyl (C=O) groups excluding carboxylic acids is 2. The summed E-state index contributed by atoms with van der Waals surface area (Å²) in [6.07, 6.45) is 0. The first-order chi connectivity index (χ1) is 14.0. The fourth-order valence-electron chi connectivity index (χ4n) is 2.85. The maximum Gasteiger partial charge on any atom is 0.314 e. The highest BCUT2D eigenvalue weighted by atomic mass is 16.5. The van der Waals surface area contributed by atoms with Crippen LogP contribution in [0.2, 0.25) is 0 Å². The summed E-state index contributed by atoms with van der Waals surface area (Å²) in [6, 6.07) is 25.8. The summed E-state index contributed by atoms with van der Waals surface area (Å²) in [4.78, 5) is 27.1. The fraction of sp³-hybridized carbons (Fsp3) is 0.167. The standard InChI is InChI=1S/C24H24N2O3/c1-18(2)26(17-19-11-5-3-6-12-19)24(28)23(27)25-21-15-9-10-16-22(21)29-20-13-7-4-8-14-20/h3-16,18H,17H2,1-2H3,(H,25,27). The zero-order valence-corrected chi connectivity index (χ0v) is 16.5. The maximum atomic E-state index is 12.8. The average Bonchev–Trinajstić information content (AvgIpc) is 2.74. The number of rotatable bonds is 6. The van der Waals surface area contributed by atoms with E-state index >= 15 is 0 Å². The number of benzene rings is 3. The van der Waals surface area contributed by atoms with Crippen molar-refractivity contribution in [3.8, 4) is 11.5 Å². The minimum absolute atomic E-state index is 0.121. The molecule has 0 spiro atoms. The van der Waals surface area contributed by atoms with Crippen LogP contribution >= 0.6 is 0 Å². The normalized spacial score (nSPS) is 10.4. The first-order valence-electron chi connectivity index (χ1n) is 9.52. The van der Waals surface area contributed by atoms with Crippen molar-refractivity contribution >= 4 is 17.5 Å². The molecule has 3 aromatic rings. The summed E-state index contributed by atoms with van der Waals surface area (Å²) in [5, 5.41) is 2.70. The van der Waals surface area contributed by atoms with Gasteiger partial charge in [-0.3, -0.25) is 9.59 Å². The van der Waals surface area contributed by atoms with E-state index in [1.807, 2.05) is 80.6 Å². The number of para-hydroxylation sites is 3. The van der Waals surface area contributed by atoms with E-state index in [-0.39, 0.29) is 6.04 Å². The minimum atomic E-state index is -0.696. The second-order valence-electron chi connectivity index (χ2n) is 6.88. The van der Waals surface area contributed by atoms with E-state index in [0.717, 1.165) is 5.56 Å². The molecule has 148 valence electrons. The van der Waals surface area contributed by atoms with Crippen LogP contribution in [0.15, 0.2) is 84.9 Å². The van der Waals surface area contributed by atoms with Crippen molar-refractivity contribution in [3.05, 3.63) is 90.5 Å². The molecule has 0 aliphatic carbocycles. The van der Waals surface area contributed by atoms with E-state index in [9.17, 15) is 9.59 Å². The van der Waals surface area contributed by atoms with Crippen LogP contribution in [0.1, 0.15) is 19.4 Å². The quantitative estimate of drug-likeness (QED) is 0.614. The molecule has 3 aromatic carbocycles. The fourth-order valence-corrected chi connectivity index (χ4v) is 2.85. The third-order valence-electron chi connectivity index (χ3n) is 4.38. The van der Waals surface area contributed by atoms with E-state index in [4.69, 9.17) is 4.74 Å². The van der Waals surface area contributed by atoms with Crippen LogP contribution in [-0.4, -0.2) is 22.8 Å². The van der Waals surface area contributed by atoms with E-state index in [1.165, 1.54) is 0 Å². The van der Waals surface area contributed by atoms with Crippen LogP contribution in [0, 0.1) is 0 Å². The van der Waals surface area contributed by atoms with Gasteiger partial charge in [0.2, 0.25) is 0 Å². The predicted octanol–water partition coefficient (Wildman–Crippen LogP) is 4.85. The third-order valence-corrected chi connectivity index (χ3v) is 4.38. The van der Waals surface area contributed by atoms with Gasteiger partial charge in [-0.05, 0) is 43.7 Å². The molecule has 1 N–H and O–H groups in total. The second kappa shape index (κ2) is 9.55. The molecule has 0 bridgehead atoms. The highest BCUT2D eigenvalue weighted by Gasteiger charge is 2.25. The molecule has 0 atom stereocenters. The topological polar surface area (TPSA) is 58.6 Å².